The summed E-state index contributed by atoms with van der Waals surface area (Å²) in [5.74, 6) is 6.85. The van der Waals surface area contributed by atoms with E-state index in [0.29, 0.717) is 31.7 Å². The molecule has 0 aliphatic carbocycles. The van der Waals surface area contributed by atoms with Gasteiger partial charge in [-0.05, 0) is 30.2 Å². The number of carbonyl (C=O) groups excluding carboxylic acids is 2. The highest BCUT2D eigenvalue weighted by Gasteiger charge is 2.20. The molecule has 27 heavy (non-hydrogen) atoms. The van der Waals surface area contributed by atoms with E-state index < -0.39 is 0 Å². The Morgan fingerprint density at radius 3 is 2.59 bits per heavy atom. The second kappa shape index (κ2) is 9.60. The molecule has 1 atom stereocenters. The Hall–Kier alpha value is -2.28. The first-order valence-electron chi connectivity index (χ1n) is 8.76. The summed E-state index contributed by atoms with van der Waals surface area (Å²) < 4.78 is 0. The number of fused-ring (bicyclic) bond motifs is 2. The Morgan fingerprint density at radius 2 is 1.78 bits per heavy atom. The largest absolute Gasteiger partial charge is 0.355 e. The zero-order valence-corrected chi connectivity index (χ0v) is 16.9. The normalized spacial score (nSPS) is 12.0. The topological polar surface area (TPSA) is 49.4 Å². The van der Waals surface area contributed by atoms with Crippen molar-refractivity contribution in [3.63, 3.8) is 0 Å². The number of rotatable bonds is 6. The summed E-state index contributed by atoms with van der Waals surface area (Å²) in [7, 11) is 2.46. The van der Waals surface area contributed by atoms with Crippen molar-refractivity contribution in [2.45, 2.75) is 19.4 Å². The highest BCUT2D eigenvalue weighted by atomic mass is 32.7. The monoisotopic (exact) mass is 396 g/mol. The molecule has 138 valence electrons. The van der Waals surface area contributed by atoms with Crippen LogP contribution >= 0.6 is 19.8 Å². The average molecular weight is 396 g/mol. The van der Waals surface area contributed by atoms with Crippen LogP contribution in [0.3, 0.4) is 0 Å². The van der Waals surface area contributed by atoms with E-state index in [1.807, 2.05) is 53.4 Å². The SMILES string of the molecule is O=C(CSP)NCCCC(=O)N1Cc2ccccc2C#Cc2ccccc21. The third-order valence-electron chi connectivity index (χ3n) is 4.28. The Morgan fingerprint density at radius 1 is 1.07 bits per heavy atom. The molecule has 6 heteroatoms. The van der Waals surface area contributed by atoms with Gasteiger partial charge in [0.05, 0.1) is 18.0 Å². The van der Waals surface area contributed by atoms with Gasteiger partial charge in [-0.25, -0.2) is 0 Å². The number of hydrogen-bond donors (Lipinski definition) is 1. The predicted octanol–water partition coefficient (Wildman–Crippen LogP) is 3.35. The summed E-state index contributed by atoms with van der Waals surface area (Å²) in [4.78, 5) is 26.3. The molecule has 0 spiro atoms. The van der Waals surface area contributed by atoms with Gasteiger partial charge in [0.2, 0.25) is 11.8 Å². The fourth-order valence-electron chi connectivity index (χ4n) is 2.94. The van der Waals surface area contributed by atoms with Crippen molar-refractivity contribution in [3.8, 4) is 11.8 Å². The van der Waals surface area contributed by atoms with Crippen molar-refractivity contribution in [3.05, 3.63) is 65.2 Å². The number of nitrogens with zero attached hydrogens (tertiary/aromatic N) is 1. The number of carbonyl (C=O) groups is 2. The van der Waals surface area contributed by atoms with E-state index in [2.05, 4.69) is 25.6 Å². The number of benzene rings is 2. The van der Waals surface area contributed by atoms with Crippen molar-refractivity contribution >= 4 is 37.3 Å². The quantitative estimate of drug-likeness (QED) is 0.463. The van der Waals surface area contributed by atoms with Crippen molar-refractivity contribution in [2.75, 3.05) is 17.2 Å². The third kappa shape index (κ3) is 5.13. The van der Waals surface area contributed by atoms with Gasteiger partial charge < -0.3 is 10.2 Å². The minimum atomic E-state index is -0.0109. The van der Waals surface area contributed by atoms with Crippen molar-refractivity contribution in [2.24, 2.45) is 0 Å². The Labute approximate surface area is 166 Å². The standard InChI is InChI=1S/C21H21N2O2PS/c24-20(15-27-26)22-13-5-10-21(25)23-14-18-8-2-1-6-16(18)11-12-17-7-3-4-9-19(17)23/h1-4,6-9H,5,10,13-15,26H2,(H,22,24). The maximum absolute atomic E-state index is 13.0. The molecule has 0 fully saturated rings. The summed E-state index contributed by atoms with van der Waals surface area (Å²) in [6.45, 7) is 0.998. The first-order valence-corrected chi connectivity index (χ1v) is 11.2. The van der Waals surface area contributed by atoms with Gasteiger partial charge in [-0.3, -0.25) is 9.59 Å². The van der Waals surface area contributed by atoms with Crippen LogP contribution in [0.5, 0.6) is 0 Å². The minimum absolute atomic E-state index is 0.0109. The highest BCUT2D eigenvalue weighted by molar-refractivity contribution is 8.44. The molecule has 2 aromatic carbocycles. The second-order valence-electron chi connectivity index (χ2n) is 6.17. The van der Waals surface area contributed by atoms with Gasteiger partial charge >= 0.3 is 0 Å². The molecular formula is C21H21N2O2PS. The number of amides is 2. The summed E-state index contributed by atoms with van der Waals surface area (Å²) in [5, 5.41) is 2.83. The van der Waals surface area contributed by atoms with Gasteiger partial charge in [0.15, 0.2) is 0 Å². The van der Waals surface area contributed by atoms with Crippen LogP contribution in [0.4, 0.5) is 5.69 Å². The van der Waals surface area contributed by atoms with Crippen LogP contribution in [-0.2, 0) is 16.1 Å². The van der Waals surface area contributed by atoms with Crippen LogP contribution in [0.1, 0.15) is 29.5 Å². The summed E-state index contributed by atoms with van der Waals surface area (Å²) >= 11 is 1.40. The molecule has 1 unspecified atom stereocenters. The maximum atomic E-state index is 13.0. The van der Waals surface area contributed by atoms with E-state index in [1.54, 1.807) is 0 Å². The number of anilines is 1. The fourth-order valence-corrected chi connectivity index (χ4v) is 3.64. The molecule has 0 saturated carbocycles. The molecule has 0 bridgehead atoms. The van der Waals surface area contributed by atoms with Gasteiger partial charge in [-0.1, -0.05) is 50.6 Å². The molecule has 1 heterocycles. The van der Waals surface area contributed by atoms with Crippen molar-refractivity contribution < 1.29 is 9.59 Å². The van der Waals surface area contributed by atoms with E-state index in [-0.39, 0.29) is 11.8 Å². The molecule has 1 N–H and O–H groups in total. The second-order valence-corrected chi connectivity index (χ2v) is 7.79. The van der Waals surface area contributed by atoms with Crippen LogP contribution in [0.2, 0.25) is 0 Å². The zero-order valence-electron chi connectivity index (χ0n) is 14.9. The Kier molecular flexibility index (Phi) is 6.92. The van der Waals surface area contributed by atoms with E-state index in [9.17, 15) is 9.59 Å². The minimum Gasteiger partial charge on any atom is -0.355 e. The van der Waals surface area contributed by atoms with Crippen LogP contribution in [0, 0.1) is 11.8 Å². The molecule has 3 rings (SSSR count). The molecule has 2 amide bonds. The predicted molar refractivity (Wildman–Crippen MR) is 114 cm³/mol. The van der Waals surface area contributed by atoms with Crippen LogP contribution in [0.15, 0.2) is 48.5 Å². The molecular weight excluding hydrogens is 375 g/mol. The first kappa shape index (κ1) is 19.5. The lowest BCUT2D eigenvalue weighted by atomic mass is 10.0. The molecule has 2 aromatic rings. The molecule has 1 aliphatic rings. The van der Waals surface area contributed by atoms with Gasteiger partial charge in [0.1, 0.15) is 0 Å². The first-order chi connectivity index (χ1) is 13.2. The molecule has 1 aliphatic heterocycles. The van der Waals surface area contributed by atoms with E-state index in [4.69, 9.17) is 0 Å². The zero-order chi connectivity index (χ0) is 19.1. The van der Waals surface area contributed by atoms with Gasteiger partial charge in [0.25, 0.3) is 0 Å². The van der Waals surface area contributed by atoms with Crippen LogP contribution in [0.25, 0.3) is 0 Å². The summed E-state index contributed by atoms with van der Waals surface area (Å²) in [5.41, 5.74) is 3.68. The molecule has 0 aromatic heterocycles. The number of nitrogens with one attached hydrogen (secondary N) is 1. The van der Waals surface area contributed by atoms with Crippen LogP contribution in [-0.4, -0.2) is 24.1 Å². The molecule has 0 radical (unpaired) electrons. The summed E-state index contributed by atoms with van der Waals surface area (Å²) in [6.07, 6.45) is 0.982. The summed E-state index contributed by atoms with van der Waals surface area (Å²) in [6, 6.07) is 15.7. The van der Waals surface area contributed by atoms with E-state index in [1.165, 1.54) is 11.4 Å². The Balaban J connectivity index is 1.75. The number of para-hydroxylation sites is 1. The maximum Gasteiger partial charge on any atom is 0.230 e. The lowest BCUT2D eigenvalue weighted by Crippen LogP contribution is -2.33. The fraction of sp³-hybridized carbons (Fsp3) is 0.238. The van der Waals surface area contributed by atoms with Gasteiger partial charge in [0, 0.05) is 24.1 Å². The average Bonchev–Trinajstić information content (AvgIpc) is 2.67. The molecule has 4 nitrogen and oxygen atoms in total. The van der Waals surface area contributed by atoms with Crippen molar-refractivity contribution in [1.82, 2.24) is 5.32 Å². The molecule has 0 saturated heterocycles. The van der Waals surface area contributed by atoms with Crippen molar-refractivity contribution in [1.29, 1.82) is 0 Å². The van der Waals surface area contributed by atoms with Gasteiger partial charge in [-0.2, -0.15) is 0 Å². The lowest BCUT2D eigenvalue weighted by molar-refractivity contribution is -0.120. The lowest BCUT2D eigenvalue weighted by Gasteiger charge is -2.26. The van der Waals surface area contributed by atoms with E-state index >= 15 is 0 Å². The number of hydrogen-bond acceptors (Lipinski definition) is 3. The highest BCUT2D eigenvalue weighted by Crippen LogP contribution is 2.26. The smallest absolute Gasteiger partial charge is 0.230 e. The van der Waals surface area contributed by atoms with Crippen LogP contribution < -0.4 is 10.2 Å². The van der Waals surface area contributed by atoms with Gasteiger partial charge in [-0.15, -0.1) is 11.4 Å². The van der Waals surface area contributed by atoms with E-state index in [0.717, 1.165) is 22.4 Å². The Bertz CT molecular complexity index is 904. The third-order valence-corrected chi connectivity index (χ3v) is 5.21.